The van der Waals surface area contributed by atoms with Crippen molar-refractivity contribution in [2.75, 3.05) is 10.6 Å². The van der Waals surface area contributed by atoms with Crippen LogP contribution in [-0.2, 0) is 4.79 Å². The van der Waals surface area contributed by atoms with Crippen LogP contribution in [0.3, 0.4) is 0 Å². The number of hydrogen-bond donors (Lipinski definition) is 2. The lowest BCUT2D eigenvalue weighted by atomic mass is 10.2. The minimum atomic E-state index is -0.168. The molecule has 0 saturated carbocycles. The number of halogens is 1. The zero-order valence-electron chi connectivity index (χ0n) is 13.0. The first-order valence-electron chi connectivity index (χ1n) is 7.37. The third-order valence-electron chi connectivity index (χ3n) is 3.31. The van der Waals surface area contributed by atoms with Crippen LogP contribution in [0.5, 0.6) is 0 Å². The first kappa shape index (κ1) is 16.1. The molecule has 24 heavy (non-hydrogen) atoms. The Labute approximate surface area is 148 Å². The molecular weight excluding hydrogens is 368 g/mol. The molecule has 0 atom stereocenters. The third kappa shape index (κ3) is 3.78. The molecule has 6 heteroatoms. The van der Waals surface area contributed by atoms with Crippen molar-refractivity contribution < 1.29 is 4.79 Å². The second kappa shape index (κ2) is 7.23. The molecule has 1 heterocycles. The quantitative estimate of drug-likeness (QED) is 0.644. The van der Waals surface area contributed by atoms with Crippen molar-refractivity contribution in [3.63, 3.8) is 0 Å². The maximum absolute atomic E-state index is 11.6. The summed E-state index contributed by atoms with van der Waals surface area (Å²) in [6, 6.07) is 13.4. The highest BCUT2D eigenvalue weighted by Gasteiger charge is 2.06. The molecule has 3 rings (SSSR count). The molecule has 0 fully saturated rings. The molecule has 0 radical (unpaired) electrons. The van der Waals surface area contributed by atoms with E-state index in [9.17, 15) is 4.79 Å². The van der Waals surface area contributed by atoms with Crippen molar-refractivity contribution in [3.8, 4) is 0 Å². The van der Waals surface area contributed by atoms with Crippen molar-refractivity contribution in [1.29, 1.82) is 0 Å². The molecule has 120 valence electrons. The summed E-state index contributed by atoms with van der Waals surface area (Å²) in [5, 5.41) is 6.96. The van der Waals surface area contributed by atoms with Crippen molar-refractivity contribution in [2.24, 2.45) is 0 Å². The standard InChI is InChI=1S/C18H15BrN4O/c1-2-4-17(24)22-14-7-8-15-16(10-14)20-11-21-18(15)23-13-6-3-5-12(19)9-13/h2-11H,1H3,(H,22,24)(H,20,21,23). The van der Waals surface area contributed by atoms with Gasteiger partial charge < -0.3 is 10.6 Å². The van der Waals surface area contributed by atoms with E-state index in [0.29, 0.717) is 11.5 Å². The fourth-order valence-corrected chi connectivity index (χ4v) is 2.67. The van der Waals surface area contributed by atoms with E-state index in [0.717, 1.165) is 21.1 Å². The molecule has 0 unspecified atom stereocenters. The number of carbonyl (C=O) groups is 1. The van der Waals surface area contributed by atoms with Gasteiger partial charge >= 0.3 is 0 Å². The van der Waals surface area contributed by atoms with E-state index < -0.39 is 0 Å². The highest BCUT2D eigenvalue weighted by molar-refractivity contribution is 9.10. The Morgan fingerprint density at radius 2 is 2.00 bits per heavy atom. The molecule has 0 spiro atoms. The van der Waals surface area contributed by atoms with Crippen molar-refractivity contribution in [2.45, 2.75) is 6.92 Å². The van der Waals surface area contributed by atoms with Crippen LogP contribution < -0.4 is 10.6 Å². The highest BCUT2D eigenvalue weighted by atomic mass is 79.9. The number of nitrogens with one attached hydrogen (secondary N) is 2. The fourth-order valence-electron chi connectivity index (χ4n) is 2.27. The number of carbonyl (C=O) groups excluding carboxylic acids is 1. The van der Waals surface area contributed by atoms with Crippen LogP contribution in [0.15, 0.2) is 65.4 Å². The summed E-state index contributed by atoms with van der Waals surface area (Å²) in [5.41, 5.74) is 2.37. The summed E-state index contributed by atoms with van der Waals surface area (Å²) in [5.74, 6) is 0.544. The Balaban J connectivity index is 1.91. The van der Waals surface area contributed by atoms with Gasteiger partial charge in [-0.3, -0.25) is 4.79 Å². The molecule has 0 bridgehead atoms. The zero-order valence-corrected chi connectivity index (χ0v) is 14.5. The summed E-state index contributed by atoms with van der Waals surface area (Å²) in [6.07, 6.45) is 4.67. The molecule has 3 aromatic rings. The van der Waals surface area contributed by atoms with Gasteiger partial charge in [-0.05, 0) is 49.4 Å². The van der Waals surface area contributed by atoms with Gasteiger partial charge in [-0.2, -0.15) is 0 Å². The van der Waals surface area contributed by atoms with Gasteiger partial charge in [0.2, 0.25) is 5.91 Å². The van der Waals surface area contributed by atoms with Gasteiger partial charge in [0.25, 0.3) is 0 Å². The van der Waals surface area contributed by atoms with Gasteiger partial charge in [0.15, 0.2) is 0 Å². The Morgan fingerprint density at radius 3 is 2.79 bits per heavy atom. The number of amides is 1. The molecular formula is C18H15BrN4O. The van der Waals surface area contributed by atoms with E-state index in [-0.39, 0.29) is 5.91 Å². The predicted molar refractivity (Wildman–Crippen MR) is 100 cm³/mol. The number of aromatic nitrogens is 2. The van der Waals surface area contributed by atoms with Gasteiger partial charge in [0.05, 0.1) is 5.52 Å². The van der Waals surface area contributed by atoms with Crippen molar-refractivity contribution >= 4 is 49.9 Å². The van der Waals surface area contributed by atoms with Gasteiger partial charge in [0, 0.05) is 21.2 Å². The maximum atomic E-state index is 11.6. The van der Waals surface area contributed by atoms with Crippen LogP contribution >= 0.6 is 15.9 Å². The van der Waals surface area contributed by atoms with E-state index in [2.05, 4.69) is 36.5 Å². The summed E-state index contributed by atoms with van der Waals surface area (Å²) in [4.78, 5) is 20.2. The SMILES string of the molecule is CC=CC(=O)Nc1ccc2c(Nc3cccc(Br)c3)ncnc2c1. The number of anilines is 3. The Kier molecular flexibility index (Phi) is 4.86. The molecule has 0 aliphatic rings. The van der Waals surface area contributed by atoms with Crippen molar-refractivity contribution in [1.82, 2.24) is 9.97 Å². The lowest BCUT2D eigenvalue weighted by molar-refractivity contribution is -0.111. The summed E-state index contributed by atoms with van der Waals surface area (Å²) >= 11 is 3.45. The van der Waals surface area contributed by atoms with Crippen LogP contribution in [0.4, 0.5) is 17.2 Å². The van der Waals surface area contributed by atoms with Crippen LogP contribution in [0.25, 0.3) is 10.9 Å². The Hall–Kier alpha value is -2.73. The summed E-state index contributed by atoms with van der Waals surface area (Å²) in [6.45, 7) is 1.80. The molecule has 5 nitrogen and oxygen atoms in total. The molecule has 1 amide bonds. The summed E-state index contributed by atoms with van der Waals surface area (Å²) in [7, 11) is 0. The van der Waals surface area contributed by atoms with Gasteiger partial charge in [-0.15, -0.1) is 0 Å². The average molecular weight is 383 g/mol. The number of fused-ring (bicyclic) bond motifs is 1. The number of rotatable bonds is 4. The van der Waals surface area contributed by atoms with E-state index >= 15 is 0 Å². The minimum absolute atomic E-state index is 0.168. The van der Waals surface area contributed by atoms with Crippen molar-refractivity contribution in [3.05, 3.63) is 65.4 Å². The highest BCUT2D eigenvalue weighted by Crippen LogP contribution is 2.26. The average Bonchev–Trinajstić information content (AvgIpc) is 2.55. The predicted octanol–water partition coefficient (Wildman–Crippen LogP) is 4.65. The van der Waals surface area contributed by atoms with E-state index in [1.165, 1.54) is 12.4 Å². The zero-order chi connectivity index (χ0) is 16.9. The van der Waals surface area contributed by atoms with Gasteiger partial charge in [-0.25, -0.2) is 9.97 Å². The topological polar surface area (TPSA) is 66.9 Å². The normalized spacial score (nSPS) is 10.9. The second-order valence-electron chi connectivity index (χ2n) is 5.08. The monoisotopic (exact) mass is 382 g/mol. The maximum Gasteiger partial charge on any atom is 0.248 e. The Bertz CT molecular complexity index is 924. The second-order valence-corrected chi connectivity index (χ2v) is 5.99. The molecule has 0 saturated heterocycles. The fraction of sp³-hybridized carbons (Fsp3) is 0.0556. The number of allylic oxidation sites excluding steroid dienone is 1. The lowest BCUT2D eigenvalue weighted by Gasteiger charge is -2.10. The summed E-state index contributed by atoms with van der Waals surface area (Å²) < 4.78 is 0.986. The van der Waals surface area contributed by atoms with E-state index in [4.69, 9.17) is 0 Å². The van der Waals surface area contributed by atoms with E-state index in [1.807, 2.05) is 42.5 Å². The van der Waals surface area contributed by atoms with Gasteiger partial charge in [-0.1, -0.05) is 28.1 Å². The minimum Gasteiger partial charge on any atom is -0.340 e. The first-order chi connectivity index (χ1) is 11.7. The first-order valence-corrected chi connectivity index (χ1v) is 8.16. The number of hydrogen-bond acceptors (Lipinski definition) is 4. The smallest absolute Gasteiger partial charge is 0.248 e. The van der Waals surface area contributed by atoms with Crippen LogP contribution in [0.1, 0.15) is 6.92 Å². The molecule has 2 aromatic carbocycles. The third-order valence-corrected chi connectivity index (χ3v) is 3.80. The lowest BCUT2D eigenvalue weighted by Crippen LogP contribution is -2.07. The molecule has 0 aliphatic heterocycles. The van der Waals surface area contributed by atoms with E-state index in [1.54, 1.807) is 13.0 Å². The molecule has 2 N–H and O–H groups in total. The Morgan fingerprint density at radius 1 is 1.12 bits per heavy atom. The van der Waals surface area contributed by atoms with Gasteiger partial charge in [0.1, 0.15) is 12.1 Å². The molecule has 0 aliphatic carbocycles. The number of nitrogens with zero attached hydrogens (tertiary/aromatic N) is 2. The number of benzene rings is 2. The van der Waals surface area contributed by atoms with Crippen LogP contribution in [0.2, 0.25) is 0 Å². The van der Waals surface area contributed by atoms with Crippen LogP contribution in [-0.4, -0.2) is 15.9 Å². The van der Waals surface area contributed by atoms with Crippen LogP contribution in [0, 0.1) is 0 Å². The largest absolute Gasteiger partial charge is 0.340 e. The molecule has 1 aromatic heterocycles.